The first-order chi connectivity index (χ1) is 13.7. The van der Waals surface area contributed by atoms with Gasteiger partial charge in [0.2, 0.25) is 0 Å². The van der Waals surface area contributed by atoms with Crippen LogP contribution in [0.15, 0.2) is 86.0 Å². The van der Waals surface area contributed by atoms with Crippen LogP contribution >= 0.6 is 0 Å². The molecule has 0 N–H and O–H groups in total. The highest BCUT2D eigenvalue weighted by Gasteiger charge is 2.02. The Morgan fingerprint density at radius 1 is 0.679 bits per heavy atom. The number of ether oxygens (including phenoxy) is 4. The summed E-state index contributed by atoms with van der Waals surface area (Å²) in [5.41, 5.74) is 0. The van der Waals surface area contributed by atoms with Crippen LogP contribution in [0.2, 0.25) is 0 Å². The maximum Gasteiger partial charge on any atom is 0.344 e. The first-order valence-corrected chi connectivity index (χ1v) is 8.54. The molecule has 0 saturated heterocycles. The van der Waals surface area contributed by atoms with Crippen molar-refractivity contribution in [2.75, 3.05) is 26.4 Å². The predicted octanol–water partition coefficient (Wildman–Crippen LogP) is 3.59. The minimum Gasteiger partial charge on any atom is -0.482 e. The summed E-state index contributed by atoms with van der Waals surface area (Å²) >= 11 is 0. The van der Waals surface area contributed by atoms with E-state index in [1.807, 2.05) is 36.4 Å². The minimum absolute atomic E-state index is 0.0716. The summed E-state index contributed by atoms with van der Waals surface area (Å²) in [6.07, 6.45) is 3.03. The third kappa shape index (κ3) is 11.1. The van der Waals surface area contributed by atoms with Gasteiger partial charge in [-0.1, -0.05) is 61.7 Å². The lowest BCUT2D eigenvalue weighted by atomic mass is 10.3. The highest BCUT2D eigenvalue weighted by atomic mass is 16.6. The average Bonchev–Trinajstić information content (AvgIpc) is 2.75. The van der Waals surface area contributed by atoms with E-state index >= 15 is 0 Å². The topological polar surface area (TPSA) is 71.1 Å². The molecular formula is C22H24O6. The van der Waals surface area contributed by atoms with Crippen LogP contribution in [0.3, 0.4) is 0 Å². The molecule has 0 heterocycles. The van der Waals surface area contributed by atoms with Crippen LogP contribution in [-0.4, -0.2) is 38.4 Å². The van der Waals surface area contributed by atoms with E-state index in [4.69, 9.17) is 18.9 Å². The van der Waals surface area contributed by atoms with Crippen LogP contribution in [0.5, 0.6) is 11.5 Å². The van der Waals surface area contributed by atoms with Gasteiger partial charge in [0.05, 0.1) is 0 Å². The molecule has 0 bridgehead atoms. The minimum atomic E-state index is -0.395. The van der Waals surface area contributed by atoms with Gasteiger partial charge < -0.3 is 18.9 Å². The molecule has 6 nitrogen and oxygen atoms in total. The fourth-order valence-corrected chi connectivity index (χ4v) is 1.71. The third-order valence-corrected chi connectivity index (χ3v) is 2.92. The van der Waals surface area contributed by atoms with Gasteiger partial charge in [0.1, 0.15) is 24.7 Å². The second-order valence-corrected chi connectivity index (χ2v) is 5.15. The van der Waals surface area contributed by atoms with E-state index in [2.05, 4.69) is 13.2 Å². The Morgan fingerprint density at radius 3 is 1.36 bits per heavy atom. The zero-order valence-corrected chi connectivity index (χ0v) is 15.6. The average molecular weight is 384 g/mol. The fourth-order valence-electron chi connectivity index (χ4n) is 1.71. The summed E-state index contributed by atoms with van der Waals surface area (Å²) in [6, 6.07) is 18.2. The Bertz CT molecular complexity index is 649. The molecule has 0 aromatic heterocycles. The summed E-state index contributed by atoms with van der Waals surface area (Å²) in [6.45, 7) is 7.16. The van der Waals surface area contributed by atoms with Gasteiger partial charge in [-0.15, -0.1) is 0 Å². The molecule has 0 fully saturated rings. The lowest BCUT2D eigenvalue weighted by molar-refractivity contribution is -0.145. The van der Waals surface area contributed by atoms with E-state index in [0.29, 0.717) is 11.5 Å². The molecule has 0 atom stereocenters. The fraction of sp³-hybridized carbons (Fsp3) is 0.182. The van der Waals surface area contributed by atoms with Crippen LogP contribution < -0.4 is 9.47 Å². The molecule has 2 aromatic carbocycles. The van der Waals surface area contributed by atoms with Crippen LogP contribution in [0.4, 0.5) is 0 Å². The molecule has 148 valence electrons. The molecule has 0 aliphatic heterocycles. The van der Waals surface area contributed by atoms with E-state index in [1.54, 1.807) is 24.3 Å². The second kappa shape index (κ2) is 14.6. The molecule has 28 heavy (non-hydrogen) atoms. The zero-order chi connectivity index (χ0) is 20.5. The lowest BCUT2D eigenvalue weighted by Crippen LogP contribution is -2.14. The van der Waals surface area contributed by atoms with Gasteiger partial charge in [-0.2, -0.15) is 0 Å². The summed E-state index contributed by atoms with van der Waals surface area (Å²) in [4.78, 5) is 22.0. The Kier molecular flexibility index (Phi) is 11.7. The Balaban J connectivity index is 0.000000280. The SMILES string of the molecule is C=CCOC(=O)COc1ccccc1.C=CCOC(=O)COc1ccccc1. The van der Waals surface area contributed by atoms with Crippen molar-refractivity contribution in [2.45, 2.75) is 0 Å². The van der Waals surface area contributed by atoms with Gasteiger partial charge >= 0.3 is 11.9 Å². The number of carbonyl (C=O) groups is 2. The van der Waals surface area contributed by atoms with Crippen molar-refractivity contribution in [1.29, 1.82) is 0 Å². The number of rotatable bonds is 10. The second-order valence-electron chi connectivity index (χ2n) is 5.15. The first-order valence-electron chi connectivity index (χ1n) is 8.54. The molecule has 0 aliphatic carbocycles. The molecule has 0 spiro atoms. The highest BCUT2D eigenvalue weighted by molar-refractivity contribution is 5.71. The number of hydrogen-bond donors (Lipinski definition) is 0. The van der Waals surface area contributed by atoms with E-state index in [0.717, 1.165) is 0 Å². The summed E-state index contributed by atoms with van der Waals surface area (Å²) < 4.78 is 19.8. The standard InChI is InChI=1S/2C11H12O3/c2*1-2-8-13-11(12)9-14-10-6-4-3-5-7-10/h2*2-7H,1,8-9H2. The van der Waals surface area contributed by atoms with Crippen molar-refractivity contribution in [1.82, 2.24) is 0 Å². The number of hydrogen-bond acceptors (Lipinski definition) is 6. The maximum absolute atomic E-state index is 11.0. The normalized spacial score (nSPS) is 9.14. The van der Waals surface area contributed by atoms with Crippen LogP contribution in [0, 0.1) is 0 Å². The molecule has 0 radical (unpaired) electrons. The Hall–Kier alpha value is -3.54. The summed E-state index contributed by atoms with van der Waals surface area (Å²) in [5, 5.41) is 0. The number of para-hydroxylation sites is 2. The largest absolute Gasteiger partial charge is 0.482 e. The van der Waals surface area contributed by atoms with Crippen molar-refractivity contribution in [3.63, 3.8) is 0 Å². The van der Waals surface area contributed by atoms with Gasteiger partial charge in [-0.25, -0.2) is 9.59 Å². The van der Waals surface area contributed by atoms with Crippen LogP contribution in [0.25, 0.3) is 0 Å². The van der Waals surface area contributed by atoms with E-state index in [9.17, 15) is 9.59 Å². The number of esters is 2. The van der Waals surface area contributed by atoms with Gasteiger partial charge in [0, 0.05) is 0 Å². The predicted molar refractivity (Wildman–Crippen MR) is 106 cm³/mol. The molecule has 6 heteroatoms. The van der Waals surface area contributed by atoms with E-state index in [1.165, 1.54) is 12.2 Å². The third-order valence-electron chi connectivity index (χ3n) is 2.92. The van der Waals surface area contributed by atoms with Gasteiger partial charge in [-0.3, -0.25) is 0 Å². The smallest absolute Gasteiger partial charge is 0.344 e. The quantitative estimate of drug-likeness (QED) is 0.461. The first kappa shape index (κ1) is 22.5. The zero-order valence-electron chi connectivity index (χ0n) is 15.6. The van der Waals surface area contributed by atoms with Crippen molar-refractivity contribution in [3.05, 3.63) is 86.0 Å². The number of carbonyl (C=O) groups excluding carboxylic acids is 2. The van der Waals surface area contributed by atoms with Crippen LogP contribution in [0.1, 0.15) is 0 Å². The van der Waals surface area contributed by atoms with Gasteiger partial charge in [0.15, 0.2) is 13.2 Å². The monoisotopic (exact) mass is 384 g/mol. The lowest BCUT2D eigenvalue weighted by Gasteiger charge is -2.04. The van der Waals surface area contributed by atoms with Crippen molar-refractivity contribution in [3.8, 4) is 11.5 Å². The number of benzene rings is 2. The van der Waals surface area contributed by atoms with Crippen LogP contribution in [-0.2, 0) is 19.1 Å². The summed E-state index contributed by atoms with van der Waals surface area (Å²) in [5.74, 6) is 0.522. The molecular weight excluding hydrogens is 360 g/mol. The Morgan fingerprint density at radius 2 is 1.04 bits per heavy atom. The van der Waals surface area contributed by atoms with Crippen molar-refractivity contribution < 1.29 is 28.5 Å². The van der Waals surface area contributed by atoms with Crippen molar-refractivity contribution in [2.24, 2.45) is 0 Å². The Labute approximate surface area is 165 Å². The highest BCUT2D eigenvalue weighted by Crippen LogP contribution is 2.08. The molecule has 0 saturated carbocycles. The van der Waals surface area contributed by atoms with Gasteiger partial charge in [-0.05, 0) is 24.3 Å². The van der Waals surface area contributed by atoms with Crippen molar-refractivity contribution >= 4 is 11.9 Å². The molecule has 0 amide bonds. The maximum atomic E-state index is 11.0. The molecule has 2 aromatic rings. The molecule has 0 aliphatic rings. The summed E-state index contributed by atoms with van der Waals surface area (Å²) in [7, 11) is 0. The van der Waals surface area contributed by atoms with E-state index in [-0.39, 0.29) is 26.4 Å². The van der Waals surface area contributed by atoms with Gasteiger partial charge in [0.25, 0.3) is 0 Å². The molecule has 2 rings (SSSR count). The van der Waals surface area contributed by atoms with E-state index < -0.39 is 11.9 Å². The molecule has 0 unspecified atom stereocenters.